The number of alkyl halides is 3. The molecule has 2 aromatic rings. The van der Waals surface area contributed by atoms with Gasteiger partial charge in [-0.15, -0.1) is 0 Å². The van der Waals surface area contributed by atoms with Crippen molar-refractivity contribution in [1.29, 1.82) is 0 Å². The van der Waals surface area contributed by atoms with Gasteiger partial charge in [0.2, 0.25) is 5.91 Å². The van der Waals surface area contributed by atoms with Crippen molar-refractivity contribution < 1.29 is 26.7 Å². The molecule has 1 atom stereocenters. The maximum Gasteiger partial charge on any atom is 0.433 e. The van der Waals surface area contributed by atoms with Gasteiger partial charge in [-0.3, -0.25) is 9.80 Å². The van der Waals surface area contributed by atoms with Crippen LogP contribution in [0.3, 0.4) is 0 Å². The van der Waals surface area contributed by atoms with Crippen LogP contribution in [0.15, 0.2) is 30.6 Å². The minimum absolute atomic E-state index is 0.0945. The number of halogens is 5. The molecule has 3 saturated heterocycles. The first-order valence-corrected chi connectivity index (χ1v) is 10.3. The predicted molar refractivity (Wildman–Crippen MR) is 103 cm³/mol. The van der Waals surface area contributed by atoms with Crippen molar-refractivity contribution in [2.24, 2.45) is 5.41 Å². The quantitative estimate of drug-likeness (QED) is 0.651. The molecule has 0 aliphatic carbocycles. The van der Waals surface area contributed by atoms with Gasteiger partial charge in [0, 0.05) is 38.3 Å². The van der Waals surface area contributed by atoms with E-state index in [2.05, 4.69) is 9.97 Å². The van der Waals surface area contributed by atoms with Crippen LogP contribution in [-0.4, -0.2) is 52.1 Å². The second-order valence-electron chi connectivity index (χ2n) is 8.57. The Labute approximate surface area is 180 Å². The van der Waals surface area contributed by atoms with Gasteiger partial charge in [-0.05, 0) is 37.0 Å². The fourth-order valence-corrected chi connectivity index (χ4v) is 5.07. The largest absolute Gasteiger partial charge is 0.433 e. The Kier molecular flexibility index (Phi) is 4.84. The van der Waals surface area contributed by atoms with Crippen LogP contribution in [0.5, 0.6) is 0 Å². The highest BCUT2D eigenvalue weighted by atomic mass is 19.4. The van der Waals surface area contributed by atoms with Crippen molar-refractivity contribution in [3.63, 3.8) is 0 Å². The number of hydrazine groups is 1. The van der Waals surface area contributed by atoms with Crippen molar-refractivity contribution in [3.05, 3.63) is 53.5 Å². The van der Waals surface area contributed by atoms with E-state index in [9.17, 15) is 26.7 Å². The average Bonchev–Trinajstić information content (AvgIpc) is 3.26. The highest BCUT2D eigenvalue weighted by Gasteiger charge is 2.56. The molecular weight excluding hydrogens is 433 g/mol. The maximum atomic E-state index is 13.7. The molecular formula is C21H20F5N5O. The minimum Gasteiger partial charge on any atom is -0.356 e. The number of hydrogen-bond donors (Lipinski definition) is 0. The SMILES string of the molecule is O=C1N2[C@H](c3cc(F)cc(F)c3)CCN2CC12CCN(c1cc(C(F)(F)F)ncn1)CC2. The minimum atomic E-state index is -4.56. The smallest absolute Gasteiger partial charge is 0.356 e. The summed E-state index contributed by atoms with van der Waals surface area (Å²) in [5, 5.41) is 3.55. The molecule has 3 fully saturated rings. The molecule has 1 amide bonds. The molecule has 1 aromatic carbocycles. The molecule has 0 unspecified atom stereocenters. The third-order valence-electron chi connectivity index (χ3n) is 6.66. The molecule has 170 valence electrons. The molecule has 0 bridgehead atoms. The first-order chi connectivity index (χ1) is 15.2. The molecule has 0 N–H and O–H groups in total. The zero-order valence-corrected chi connectivity index (χ0v) is 16.9. The first kappa shape index (κ1) is 21.0. The normalized spacial score (nSPS) is 23.3. The predicted octanol–water partition coefficient (Wildman–Crippen LogP) is 3.56. The summed E-state index contributed by atoms with van der Waals surface area (Å²) < 4.78 is 66.4. The first-order valence-electron chi connectivity index (χ1n) is 10.3. The Morgan fingerprint density at radius 1 is 0.969 bits per heavy atom. The average molecular weight is 453 g/mol. The summed E-state index contributed by atoms with van der Waals surface area (Å²) in [6.45, 7) is 1.84. The molecule has 1 aromatic heterocycles. The number of hydrogen-bond acceptors (Lipinski definition) is 5. The summed E-state index contributed by atoms with van der Waals surface area (Å²) in [7, 11) is 0. The van der Waals surface area contributed by atoms with Gasteiger partial charge in [0.15, 0.2) is 0 Å². The van der Waals surface area contributed by atoms with E-state index < -0.39 is 35.0 Å². The number of benzene rings is 1. The number of anilines is 1. The molecule has 32 heavy (non-hydrogen) atoms. The zero-order chi connectivity index (χ0) is 22.7. The van der Waals surface area contributed by atoms with Gasteiger partial charge in [0.1, 0.15) is 29.5 Å². The van der Waals surface area contributed by atoms with E-state index in [1.54, 1.807) is 9.91 Å². The molecule has 5 rings (SSSR count). The number of carbonyl (C=O) groups excluding carboxylic acids is 1. The Bertz CT molecular complexity index is 1030. The molecule has 1 spiro atoms. The van der Waals surface area contributed by atoms with Crippen molar-refractivity contribution in [3.8, 4) is 0 Å². The number of aromatic nitrogens is 2. The highest BCUT2D eigenvalue weighted by Crippen LogP contribution is 2.47. The van der Waals surface area contributed by atoms with Gasteiger partial charge in [0.05, 0.1) is 11.5 Å². The fourth-order valence-electron chi connectivity index (χ4n) is 5.07. The lowest BCUT2D eigenvalue weighted by Crippen LogP contribution is -2.46. The van der Waals surface area contributed by atoms with Crippen LogP contribution in [0.25, 0.3) is 0 Å². The van der Waals surface area contributed by atoms with Gasteiger partial charge < -0.3 is 4.90 Å². The number of piperidine rings is 1. The molecule has 11 heteroatoms. The number of fused-ring (bicyclic) bond motifs is 1. The molecule has 3 aliphatic heterocycles. The van der Waals surface area contributed by atoms with Gasteiger partial charge in [0.25, 0.3) is 0 Å². The summed E-state index contributed by atoms with van der Waals surface area (Å²) in [5.41, 5.74) is -1.24. The lowest BCUT2D eigenvalue weighted by atomic mass is 9.77. The van der Waals surface area contributed by atoms with E-state index in [-0.39, 0.29) is 11.7 Å². The summed E-state index contributed by atoms with van der Waals surface area (Å²) in [5.74, 6) is -1.28. The summed E-state index contributed by atoms with van der Waals surface area (Å²) in [4.78, 5) is 22.4. The Morgan fingerprint density at radius 3 is 2.31 bits per heavy atom. The number of nitrogens with zero attached hydrogens (tertiary/aromatic N) is 5. The summed E-state index contributed by atoms with van der Waals surface area (Å²) in [6, 6.07) is 3.81. The van der Waals surface area contributed by atoms with E-state index in [4.69, 9.17) is 0 Å². The highest BCUT2D eigenvalue weighted by molar-refractivity contribution is 5.85. The second kappa shape index (κ2) is 7.36. The third-order valence-corrected chi connectivity index (χ3v) is 6.66. The topological polar surface area (TPSA) is 52.6 Å². The van der Waals surface area contributed by atoms with Crippen molar-refractivity contribution in [2.45, 2.75) is 31.5 Å². The van der Waals surface area contributed by atoms with Crippen molar-refractivity contribution in [1.82, 2.24) is 20.0 Å². The number of amides is 1. The van der Waals surface area contributed by atoms with Crippen LogP contribution in [-0.2, 0) is 11.0 Å². The lowest BCUT2D eigenvalue weighted by molar-refractivity contribution is -0.144. The van der Waals surface area contributed by atoms with E-state index >= 15 is 0 Å². The van der Waals surface area contributed by atoms with Gasteiger partial charge >= 0.3 is 6.18 Å². The van der Waals surface area contributed by atoms with E-state index in [1.807, 2.05) is 5.01 Å². The second-order valence-corrected chi connectivity index (χ2v) is 8.57. The van der Waals surface area contributed by atoms with E-state index in [0.717, 1.165) is 18.5 Å². The van der Waals surface area contributed by atoms with Crippen LogP contribution in [0.1, 0.15) is 36.6 Å². The van der Waals surface area contributed by atoms with Crippen LogP contribution < -0.4 is 4.90 Å². The van der Waals surface area contributed by atoms with Crippen LogP contribution in [0, 0.1) is 17.0 Å². The monoisotopic (exact) mass is 453 g/mol. The van der Waals surface area contributed by atoms with Gasteiger partial charge in [-0.1, -0.05) is 0 Å². The molecule has 3 aliphatic rings. The van der Waals surface area contributed by atoms with Crippen LogP contribution >= 0.6 is 0 Å². The molecule has 6 nitrogen and oxygen atoms in total. The summed E-state index contributed by atoms with van der Waals surface area (Å²) in [6.07, 6.45) is -2.17. The Morgan fingerprint density at radius 2 is 1.66 bits per heavy atom. The summed E-state index contributed by atoms with van der Waals surface area (Å²) >= 11 is 0. The number of carbonyl (C=O) groups is 1. The van der Waals surface area contributed by atoms with Gasteiger partial charge in [-0.25, -0.2) is 23.8 Å². The zero-order valence-electron chi connectivity index (χ0n) is 16.9. The lowest BCUT2D eigenvalue weighted by Gasteiger charge is -2.38. The van der Waals surface area contributed by atoms with Crippen LogP contribution in [0.2, 0.25) is 0 Å². The van der Waals surface area contributed by atoms with Gasteiger partial charge in [-0.2, -0.15) is 13.2 Å². The fraction of sp³-hybridized carbons (Fsp3) is 0.476. The molecule has 0 radical (unpaired) electrons. The Hall–Kier alpha value is -2.82. The molecule has 0 saturated carbocycles. The standard InChI is InChI=1S/C21H20F5N5O/c22-14-7-13(8-15(23)9-14)16-1-4-30-11-20(19(32)31(16)30)2-5-29(6-3-20)18-10-17(21(24,25)26)27-12-28-18/h7-10,12,16H,1-6,11H2/t16-/m0/s1. The third kappa shape index (κ3) is 3.48. The maximum absolute atomic E-state index is 13.7. The number of rotatable bonds is 2. The van der Waals surface area contributed by atoms with E-state index in [0.29, 0.717) is 51.0 Å². The van der Waals surface area contributed by atoms with Crippen molar-refractivity contribution >= 4 is 11.7 Å². The van der Waals surface area contributed by atoms with E-state index in [1.165, 1.54) is 12.1 Å². The molecule has 4 heterocycles. The Balaban J connectivity index is 1.33. The van der Waals surface area contributed by atoms with Crippen LogP contribution in [0.4, 0.5) is 27.8 Å². The van der Waals surface area contributed by atoms with Crippen molar-refractivity contribution in [2.75, 3.05) is 31.1 Å².